The normalized spacial score (nSPS) is 26.3. The summed E-state index contributed by atoms with van der Waals surface area (Å²) in [4.78, 5) is 7.56. The molecule has 0 radical (unpaired) electrons. The topological polar surface area (TPSA) is 56.0 Å². The molecule has 1 aromatic carbocycles. The van der Waals surface area contributed by atoms with E-state index in [9.17, 15) is 5.11 Å². The summed E-state index contributed by atoms with van der Waals surface area (Å²) in [7, 11) is 2.22. The molecule has 3 rings (SSSR count). The molecule has 2 fully saturated rings. The Hall–Kier alpha value is -0.980. The van der Waals surface area contributed by atoms with Crippen LogP contribution in [-0.2, 0) is 13.0 Å². The van der Waals surface area contributed by atoms with E-state index in [2.05, 4.69) is 46.0 Å². The quantitative estimate of drug-likeness (QED) is 0.756. The first-order valence-electron chi connectivity index (χ1n) is 10.2. The molecule has 5 nitrogen and oxygen atoms in total. The predicted molar refractivity (Wildman–Crippen MR) is 107 cm³/mol. The Morgan fingerprint density at radius 3 is 2.42 bits per heavy atom. The minimum absolute atomic E-state index is 0.310. The average Bonchev–Trinajstić information content (AvgIpc) is 2.90. The van der Waals surface area contributed by atoms with Crippen LogP contribution >= 0.6 is 0 Å². The number of aliphatic hydroxyl groups excluding tert-OH is 1. The van der Waals surface area contributed by atoms with Crippen molar-refractivity contribution in [2.24, 2.45) is 17.6 Å². The maximum Gasteiger partial charge on any atom is 0.0475 e. The molecule has 5 heteroatoms. The highest BCUT2D eigenvalue weighted by molar-refractivity contribution is 5.23. The number of nitrogens with zero attached hydrogens (tertiary/aromatic N) is 3. The Morgan fingerprint density at radius 1 is 0.962 bits per heavy atom. The van der Waals surface area contributed by atoms with Gasteiger partial charge in [0.25, 0.3) is 0 Å². The molecule has 0 aromatic heterocycles. The van der Waals surface area contributed by atoms with Gasteiger partial charge in [0.05, 0.1) is 0 Å². The van der Waals surface area contributed by atoms with E-state index in [0.717, 1.165) is 45.7 Å². The summed E-state index contributed by atoms with van der Waals surface area (Å²) in [6, 6.07) is 8.87. The number of aliphatic hydroxyl groups is 1. The second kappa shape index (κ2) is 9.81. The highest BCUT2D eigenvalue weighted by atomic mass is 16.3. The molecule has 2 saturated heterocycles. The Balaban J connectivity index is 1.52. The van der Waals surface area contributed by atoms with Crippen LogP contribution in [0.25, 0.3) is 0 Å². The van der Waals surface area contributed by atoms with Gasteiger partial charge in [0, 0.05) is 45.9 Å². The zero-order valence-corrected chi connectivity index (χ0v) is 16.3. The van der Waals surface area contributed by atoms with Crippen LogP contribution in [0.2, 0.25) is 0 Å². The molecule has 2 heterocycles. The summed E-state index contributed by atoms with van der Waals surface area (Å²) in [5, 5.41) is 9.88. The molecule has 0 spiro atoms. The largest absolute Gasteiger partial charge is 0.396 e. The van der Waals surface area contributed by atoms with Crippen LogP contribution in [0.1, 0.15) is 17.5 Å². The number of rotatable bonds is 7. The van der Waals surface area contributed by atoms with E-state index in [1.54, 1.807) is 0 Å². The van der Waals surface area contributed by atoms with Crippen LogP contribution < -0.4 is 5.73 Å². The van der Waals surface area contributed by atoms with Gasteiger partial charge in [0.2, 0.25) is 0 Å². The number of likely N-dealkylation sites (N-methyl/N-ethyl adjacent to an activating group) is 1. The molecular weight excluding hydrogens is 324 g/mol. The van der Waals surface area contributed by atoms with E-state index in [1.807, 2.05) is 0 Å². The van der Waals surface area contributed by atoms with Crippen molar-refractivity contribution in [2.75, 3.05) is 66.0 Å². The fraction of sp³-hybridized carbons (Fsp3) is 0.714. The van der Waals surface area contributed by atoms with Crippen molar-refractivity contribution in [3.8, 4) is 0 Å². The summed E-state index contributed by atoms with van der Waals surface area (Å²) in [5.41, 5.74) is 8.31. The molecule has 146 valence electrons. The highest BCUT2D eigenvalue weighted by Gasteiger charge is 2.33. The van der Waals surface area contributed by atoms with Crippen LogP contribution in [0, 0.1) is 11.8 Å². The zero-order chi connectivity index (χ0) is 18.4. The van der Waals surface area contributed by atoms with Crippen molar-refractivity contribution in [2.45, 2.75) is 19.4 Å². The lowest BCUT2D eigenvalue weighted by Gasteiger charge is -2.26. The smallest absolute Gasteiger partial charge is 0.0475 e. The minimum Gasteiger partial charge on any atom is -0.396 e. The van der Waals surface area contributed by atoms with Gasteiger partial charge in [-0.05, 0) is 62.5 Å². The fourth-order valence-corrected chi connectivity index (χ4v) is 4.43. The molecule has 0 bridgehead atoms. The zero-order valence-electron chi connectivity index (χ0n) is 16.3. The Labute approximate surface area is 158 Å². The van der Waals surface area contributed by atoms with Crippen LogP contribution in [0.4, 0.5) is 0 Å². The third-order valence-electron chi connectivity index (χ3n) is 6.05. The minimum atomic E-state index is 0.310. The van der Waals surface area contributed by atoms with Crippen LogP contribution in [0.3, 0.4) is 0 Å². The molecular formula is C21H36N4O. The third-order valence-corrected chi connectivity index (χ3v) is 6.05. The van der Waals surface area contributed by atoms with E-state index >= 15 is 0 Å². The highest BCUT2D eigenvalue weighted by Crippen LogP contribution is 2.26. The molecule has 0 saturated carbocycles. The van der Waals surface area contributed by atoms with Gasteiger partial charge in [-0.3, -0.25) is 4.90 Å². The van der Waals surface area contributed by atoms with Crippen molar-refractivity contribution in [1.82, 2.24) is 14.7 Å². The van der Waals surface area contributed by atoms with E-state index in [4.69, 9.17) is 5.73 Å². The molecule has 2 aliphatic rings. The molecule has 0 aliphatic carbocycles. The van der Waals surface area contributed by atoms with Crippen LogP contribution in [-0.4, -0.2) is 85.8 Å². The van der Waals surface area contributed by atoms with Crippen LogP contribution in [0.5, 0.6) is 0 Å². The second-order valence-corrected chi connectivity index (χ2v) is 8.21. The number of nitrogens with two attached hydrogens (primary N) is 1. The summed E-state index contributed by atoms with van der Waals surface area (Å²) in [6.07, 6.45) is 2.20. The fourth-order valence-electron chi connectivity index (χ4n) is 4.43. The van der Waals surface area contributed by atoms with Crippen molar-refractivity contribution in [1.29, 1.82) is 0 Å². The lowest BCUT2D eigenvalue weighted by Crippen LogP contribution is -2.36. The van der Waals surface area contributed by atoms with E-state index in [1.165, 1.54) is 30.6 Å². The van der Waals surface area contributed by atoms with Gasteiger partial charge in [-0.25, -0.2) is 0 Å². The number of hydrogen-bond donors (Lipinski definition) is 2. The van der Waals surface area contributed by atoms with Crippen molar-refractivity contribution in [3.63, 3.8) is 0 Å². The molecule has 1 aromatic rings. The summed E-state index contributed by atoms with van der Waals surface area (Å²) >= 11 is 0. The number of hydrogen-bond acceptors (Lipinski definition) is 5. The third kappa shape index (κ3) is 5.51. The molecule has 2 atom stereocenters. The SMILES string of the molecule is CN1CCCN(C[C@@H]2CN(Cc3ccc(CCN)cc3)C[C@@H]2CO)CC1. The second-order valence-electron chi connectivity index (χ2n) is 8.21. The molecule has 3 N–H and O–H groups in total. The van der Waals surface area contributed by atoms with Gasteiger partial charge < -0.3 is 20.6 Å². The van der Waals surface area contributed by atoms with Crippen LogP contribution in [0.15, 0.2) is 24.3 Å². The van der Waals surface area contributed by atoms with E-state index in [0.29, 0.717) is 25.0 Å². The number of benzene rings is 1. The Bertz CT molecular complexity index is 535. The predicted octanol–water partition coefficient (Wildman–Crippen LogP) is 0.866. The van der Waals surface area contributed by atoms with Gasteiger partial charge in [0.15, 0.2) is 0 Å². The maximum atomic E-state index is 9.88. The van der Waals surface area contributed by atoms with Gasteiger partial charge >= 0.3 is 0 Å². The van der Waals surface area contributed by atoms with Crippen molar-refractivity contribution < 1.29 is 5.11 Å². The lowest BCUT2D eigenvalue weighted by atomic mass is 9.96. The molecule has 0 amide bonds. The Morgan fingerprint density at radius 2 is 1.69 bits per heavy atom. The average molecular weight is 361 g/mol. The van der Waals surface area contributed by atoms with E-state index in [-0.39, 0.29) is 0 Å². The maximum absolute atomic E-state index is 9.88. The van der Waals surface area contributed by atoms with Crippen molar-refractivity contribution >= 4 is 0 Å². The first kappa shape index (κ1) is 19.8. The first-order valence-corrected chi connectivity index (χ1v) is 10.2. The molecule has 0 unspecified atom stereocenters. The molecule has 2 aliphatic heterocycles. The van der Waals surface area contributed by atoms with Crippen molar-refractivity contribution in [3.05, 3.63) is 35.4 Å². The van der Waals surface area contributed by atoms with Gasteiger partial charge in [-0.1, -0.05) is 24.3 Å². The summed E-state index contributed by atoms with van der Waals surface area (Å²) in [5.74, 6) is 0.993. The standard InChI is InChI=1S/C21H36N4O/c1-23-9-2-10-24(12-11-23)14-20-15-25(16-21(20)17-26)13-19-5-3-18(4-6-19)7-8-22/h3-6,20-21,26H,2,7-17,22H2,1H3/t20-,21-/m1/s1. The van der Waals surface area contributed by atoms with E-state index < -0.39 is 0 Å². The van der Waals surface area contributed by atoms with Gasteiger partial charge in [-0.15, -0.1) is 0 Å². The first-order chi connectivity index (χ1) is 12.7. The number of likely N-dealkylation sites (tertiary alicyclic amines) is 1. The summed E-state index contributed by atoms with van der Waals surface area (Å²) < 4.78 is 0. The van der Waals surface area contributed by atoms with Gasteiger partial charge in [-0.2, -0.15) is 0 Å². The Kier molecular flexibility index (Phi) is 7.46. The summed E-state index contributed by atoms with van der Waals surface area (Å²) in [6.45, 7) is 9.97. The monoisotopic (exact) mass is 360 g/mol. The molecule has 26 heavy (non-hydrogen) atoms. The lowest BCUT2D eigenvalue weighted by molar-refractivity contribution is 0.165. The van der Waals surface area contributed by atoms with Gasteiger partial charge in [0.1, 0.15) is 0 Å².